The highest BCUT2D eigenvalue weighted by molar-refractivity contribution is 5.93. The molecule has 2 atom stereocenters. The third-order valence-electron chi connectivity index (χ3n) is 2.95. The summed E-state index contributed by atoms with van der Waals surface area (Å²) >= 11 is 0. The van der Waals surface area contributed by atoms with E-state index in [9.17, 15) is 9.59 Å². The van der Waals surface area contributed by atoms with Gasteiger partial charge in [0.2, 0.25) is 5.91 Å². The first-order valence-corrected chi connectivity index (χ1v) is 6.60. The second-order valence-corrected chi connectivity index (χ2v) is 5.74. The lowest BCUT2D eigenvalue weighted by atomic mass is 9.96. The maximum atomic E-state index is 12.0. The molecular formula is C13H19N3O5. The van der Waals surface area contributed by atoms with Gasteiger partial charge in [-0.05, 0) is 6.07 Å². The molecule has 0 aliphatic carbocycles. The van der Waals surface area contributed by atoms with Crippen molar-refractivity contribution in [2.45, 2.75) is 33.3 Å². The highest BCUT2D eigenvalue weighted by Gasteiger charge is 2.28. The summed E-state index contributed by atoms with van der Waals surface area (Å²) in [5.74, 6) is -0.0401. The lowest BCUT2D eigenvalue weighted by Gasteiger charge is -2.17. The zero-order valence-electron chi connectivity index (χ0n) is 12.2. The standard InChI is InChI=1S/C13H19N3O5/c1-13(2,3)11(18)14-8-4-5-16(12(19)15-8)9-7-20-10(6-17)21-9/h4-5,9-10,17H,6-7H2,1-3H3,(H,14,15,18,19)/t9-,10-/m0/s1. The number of hydrogen-bond acceptors (Lipinski definition) is 6. The first kappa shape index (κ1) is 15.6. The van der Waals surface area contributed by atoms with Crippen molar-refractivity contribution in [3.05, 3.63) is 22.7 Å². The van der Waals surface area contributed by atoms with Gasteiger partial charge in [-0.3, -0.25) is 9.36 Å². The molecule has 0 radical (unpaired) electrons. The van der Waals surface area contributed by atoms with Crippen LogP contribution in [0.4, 0.5) is 5.82 Å². The Morgan fingerprint density at radius 3 is 2.81 bits per heavy atom. The summed E-state index contributed by atoms with van der Waals surface area (Å²) in [7, 11) is 0. The molecule has 2 rings (SSSR count). The minimum absolute atomic E-state index is 0.153. The number of carbonyl (C=O) groups is 1. The number of nitrogens with zero attached hydrogens (tertiary/aromatic N) is 2. The zero-order valence-corrected chi connectivity index (χ0v) is 12.2. The molecule has 2 heterocycles. The minimum atomic E-state index is -0.734. The van der Waals surface area contributed by atoms with Crippen molar-refractivity contribution in [2.75, 3.05) is 18.5 Å². The van der Waals surface area contributed by atoms with Crippen LogP contribution in [0.15, 0.2) is 17.1 Å². The normalized spacial score (nSPS) is 22.3. The molecule has 21 heavy (non-hydrogen) atoms. The van der Waals surface area contributed by atoms with Crippen LogP contribution in [0.2, 0.25) is 0 Å². The van der Waals surface area contributed by atoms with E-state index in [1.54, 1.807) is 20.8 Å². The second-order valence-electron chi connectivity index (χ2n) is 5.74. The average Bonchev–Trinajstić information content (AvgIpc) is 2.86. The van der Waals surface area contributed by atoms with E-state index >= 15 is 0 Å². The van der Waals surface area contributed by atoms with Gasteiger partial charge < -0.3 is 19.9 Å². The zero-order chi connectivity index (χ0) is 15.6. The van der Waals surface area contributed by atoms with E-state index in [0.29, 0.717) is 0 Å². The van der Waals surface area contributed by atoms with Crippen LogP contribution in [-0.4, -0.2) is 40.1 Å². The Labute approximate surface area is 121 Å². The third kappa shape index (κ3) is 3.66. The van der Waals surface area contributed by atoms with Crippen molar-refractivity contribution < 1.29 is 19.4 Å². The molecule has 1 saturated heterocycles. The summed E-state index contributed by atoms with van der Waals surface area (Å²) < 4.78 is 11.7. The monoisotopic (exact) mass is 297 g/mol. The lowest BCUT2D eigenvalue weighted by molar-refractivity contribution is -0.123. The number of amides is 1. The van der Waals surface area contributed by atoms with E-state index < -0.39 is 23.6 Å². The summed E-state index contributed by atoms with van der Waals surface area (Å²) in [6.45, 7) is 5.17. The first-order chi connectivity index (χ1) is 9.81. The number of hydrogen-bond donors (Lipinski definition) is 2. The van der Waals surface area contributed by atoms with Crippen molar-refractivity contribution in [1.82, 2.24) is 9.55 Å². The highest BCUT2D eigenvalue weighted by Crippen LogP contribution is 2.19. The van der Waals surface area contributed by atoms with Gasteiger partial charge in [-0.1, -0.05) is 20.8 Å². The van der Waals surface area contributed by atoms with Crippen molar-refractivity contribution in [1.29, 1.82) is 0 Å². The van der Waals surface area contributed by atoms with E-state index in [2.05, 4.69) is 10.3 Å². The molecule has 1 aromatic rings. The van der Waals surface area contributed by atoms with Gasteiger partial charge in [0, 0.05) is 11.6 Å². The molecule has 0 unspecified atom stereocenters. The van der Waals surface area contributed by atoms with E-state index in [0.717, 1.165) is 0 Å². The van der Waals surface area contributed by atoms with Crippen molar-refractivity contribution in [3.8, 4) is 0 Å². The van der Waals surface area contributed by atoms with Gasteiger partial charge in [0.15, 0.2) is 12.5 Å². The summed E-state index contributed by atoms with van der Waals surface area (Å²) in [5.41, 5.74) is -1.14. The van der Waals surface area contributed by atoms with E-state index in [1.807, 2.05) is 0 Å². The van der Waals surface area contributed by atoms with Gasteiger partial charge in [-0.15, -0.1) is 0 Å². The Morgan fingerprint density at radius 1 is 1.57 bits per heavy atom. The molecule has 8 nitrogen and oxygen atoms in total. The summed E-state index contributed by atoms with van der Waals surface area (Å²) in [4.78, 5) is 27.6. The van der Waals surface area contributed by atoms with Gasteiger partial charge in [-0.2, -0.15) is 4.98 Å². The summed E-state index contributed by atoms with van der Waals surface area (Å²) in [6.07, 6.45) is 0.109. The molecule has 1 amide bonds. The summed E-state index contributed by atoms with van der Waals surface area (Å²) in [6, 6.07) is 1.51. The van der Waals surface area contributed by atoms with Crippen LogP contribution >= 0.6 is 0 Å². The Bertz CT molecular complexity index is 578. The average molecular weight is 297 g/mol. The highest BCUT2D eigenvalue weighted by atomic mass is 16.7. The van der Waals surface area contributed by atoms with E-state index in [-0.39, 0.29) is 24.9 Å². The van der Waals surface area contributed by atoms with Crippen LogP contribution in [-0.2, 0) is 14.3 Å². The molecular weight excluding hydrogens is 278 g/mol. The minimum Gasteiger partial charge on any atom is -0.391 e. The molecule has 0 bridgehead atoms. The first-order valence-electron chi connectivity index (χ1n) is 6.60. The number of nitrogens with one attached hydrogen (secondary N) is 1. The Hall–Kier alpha value is -1.77. The largest absolute Gasteiger partial charge is 0.391 e. The van der Waals surface area contributed by atoms with Gasteiger partial charge >= 0.3 is 5.69 Å². The predicted octanol–water partition coefficient (Wildman–Crippen LogP) is 0.0917. The van der Waals surface area contributed by atoms with Crippen LogP contribution in [0.25, 0.3) is 0 Å². The van der Waals surface area contributed by atoms with Gasteiger partial charge in [0.05, 0.1) is 13.2 Å². The number of aliphatic hydroxyl groups excluding tert-OH is 1. The maximum Gasteiger partial charge on any atom is 0.351 e. The number of aromatic nitrogens is 2. The lowest BCUT2D eigenvalue weighted by Crippen LogP contribution is -2.32. The van der Waals surface area contributed by atoms with Gasteiger partial charge in [-0.25, -0.2) is 4.79 Å². The molecule has 8 heteroatoms. The topological polar surface area (TPSA) is 103 Å². The number of carbonyl (C=O) groups excluding carboxylic acids is 1. The number of ether oxygens (including phenoxy) is 2. The molecule has 2 N–H and O–H groups in total. The molecule has 1 aliphatic heterocycles. The smallest absolute Gasteiger partial charge is 0.351 e. The molecule has 116 valence electrons. The fourth-order valence-electron chi connectivity index (χ4n) is 1.69. The van der Waals surface area contributed by atoms with Gasteiger partial charge in [0.1, 0.15) is 5.82 Å². The molecule has 0 spiro atoms. The van der Waals surface area contributed by atoms with Crippen LogP contribution in [0.1, 0.15) is 27.0 Å². The molecule has 0 aromatic carbocycles. The van der Waals surface area contributed by atoms with Crippen LogP contribution in [0.3, 0.4) is 0 Å². The Kier molecular flexibility index (Phi) is 4.40. The molecule has 1 aliphatic rings. The van der Waals surface area contributed by atoms with E-state index in [4.69, 9.17) is 14.6 Å². The fraction of sp³-hybridized carbons (Fsp3) is 0.615. The Morgan fingerprint density at radius 2 is 2.29 bits per heavy atom. The quantitative estimate of drug-likeness (QED) is 0.820. The number of aliphatic hydroxyl groups is 1. The number of anilines is 1. The van der Waals surface area contributed by atoms with Crippen LogP contribution in [0.5, 0.6) is 0 Å². The van der Waals surface area contributed by atoms with Crippen LogP contribution in [0, 0.1) is 5.41 Å². The third-order valence-corrected chi connectivity index (χ3v) is 2.95. The van der Waals surface area contributed by atoms with Crippen LogP contribution < -0.4 is 11.0 Å². The molecule has 1 aromatic heterocycles. The predicted molar refractivity (Wildman–Crippen MR) is 73.5 cm³/mol. The summed E-state index contributed by atoms with van der Waals surface area (Å²) in [5, 5.41) is 11.5. The van der Waals surface area contributed by atoms with Gasteiger partial charge in [0.25, 0.3) is 0 Å². The maximum absolute atomic E-state index is 12.0. The fourth-order valence-corrected chi connectivity index (χ4v) is 1.69. The van der Waals surface area contributed by atoms with Crippen molar-refractivity contribution in [3.63, 3.8) is 0 Å². The SMILES string of the molecule is CC(C)(C)C(=O)Nc1ccn([C@@H]2CO[C@H](CO)O2)c(=O)n1. The second kappa shape index (κ2) is 5.92. The number of rotatable bonds is 3. The molecule has 0 saturated carbocycles. The van der Waals surface area contributed by atoms with Crippen molar-refractivity contribution in [2.24, 2.45) is 5.41 Å². The molecule has 1 fully saturated rings. The van der Waals surface area contributed by atoms with Crippen molar-refractivity contribution >= 4 is 11.7 Å². The Balaban J connectivity index is 2.12. The van der Waals surface area contributed by atoms with E-state index in [1.165, 1.54) is 16.8 Å².